The Morgan fingerprint density at radius 2 is 0.800 bits per heavy atom. The van der Waals surface area contributed by atoms with Crippen LogP contribution >= 0.6 is 0 Å². The highest BCUT2D eigenvalue weighted by molar-refractivity contribution is 5.98. The first-order valence-electron chi connectivity index (χ1n) is 10.6. The summed E-state index contributed by atoms with van der Waals surface area (Å²) in [6.07, 6.45) is -0.794. The minimum absolute atomic E-state index is 0.374. The largest absolute Gasteiger partial charge is 0.469 e. The maximum Gasteiger partial charge on any atom is 0.322 e. The molecule has 4 unspecified atom stereocenters. The van der Waals surface area contributed by atoms with E-state index in [1.807, 2.05) is 0 Å². The molecule has 4 atom stereocenters. The highest BCUT2D eigenvalue weighted by Gasteiger charge is 2.38. The van der Waals surface area contributed by atoms with Gasteiger partial charge in [-0.2, -0.15) is 0 Å². The van der Waals surface area contributed by atoms with Gasteiger partial charge in [-0.1, -0.05) is 13.8 Å². The lowest BCUT2D eigenvalue weighted by molar-refractivity contribution is -0.166. The number of rotatable bonds is 8. The summed E-state index contributed by atoms with van der Waals surface area (Å²) < 4.78 is 27.4. The van der Waals surface area contributed by atoms with Crippen molar-refractivity contribution in [2.75, 3.05) is 28.4 Å². The van der Waals surface area contributed by atoms with Gasteiger partial charge in [0, 0.05) is 13.8 Å². The smallest absolute Gasteiger partial charge is 0.322 e. The van der Waals surface area contributed by atoms with E-state index in [2.05, 4.69) is 18.9 Å². The molecule has 12 nitrogen and oxygen atoms in total. The van der Waals surface area contributed by atoms with Crippen molar-refractivity contribution in [3.8, 4) is 0 Å². The Balaban J connectivity index is -0.000000439. The number of methoxy groups -OCH3 is 4. The first-order valence-corrected chi connectivity index (χ1v) is 10.6. The maximum absolute atomic E-state index is 10.9. The monoisotopic (exact) mass is 508 g/mol. The maximum atomic E-state index is 10.9. The number of esters is 6. The normalized spacial score (nSPS) is 13.4. The Kier molecular flexibility index (Phi) is 18.9. The molecule has 0 spiro atoms. The highest BCUT2D eigenvalue weighted by atomic mass is 16.6. The van der Waals surface area contributed by atoms with Crippen LogP contribution in [-0.4, -0.2) is 76.5 Å². The van der Waals surface area contributed by atoms with Crippen molar-refractivity contribution in [2.45, 2.75) is 67.6 Å². The van der Waals surface area contributed by atoms with Crippen molar-refractivity contribution in [3.05, 3.63) is 0 Å². The fraction of sp³-hybridized carbons (Fsp3) is 0.739. The van der Waals surface area contributed by atoms with Crippen LogP contribution in [0.1, 0.15) is 55.4 Å². The predicted octanol–water partition coefficient (Wildman–Crippen LogP) is 1.85. The molecule has 0 saturated carbocycles. The van der Waals surface area contributed by atoms with Gasteiger partial charge in [0.1, 0.15) is 12.2 Å². The number of hydrogen-bond acceptors (Lipinski definition) is 12. The van der Waals surface area contributed by atoms with E-state index < -0.39 is 53.3 Å². The minimum atomic E-state index is -1.20. The van der Waals surface area contributed by atoms with Crippen molar-refractivity contribution in [3.63, 3.8) is 0 Å². The van der Waals surface area contributed by atoms with Gasteiger partial charge in [0.15, 0.2) is 5.41 Å². The summed E-state index contributed by atoms with van der Waals surface area (Å²) in [6.45, 7) is 12.1. The quantitative estimate of drug-likeness (QED) is 0.266. The summed E-state index contributed by atoms with van der Waals surface area (Å²) in [7, 11) is 5.05. The molecule has 0 aliphatic carbocycles. The van der Waals surface area contributed by atoms with Gasteiger partial charge in [-0.15, -0.1) is 0 Å². The fourth-order valence-electron chi connectivity index (χ4n) is 2.09. The Morgan fingerprint density at radius 3 is 0.971 bits per heavy atom. The topological polar surface area (TPSA) is 158 Å². The van der Waals surface area contributed by atoms with E-state index in [1.54, 1.807) is 27.7 Å². The first kappa shape index (κ1) is 36.4. The Hall–Kier alpha value is -3.18. The van der Waals surface area contributed by atoms with E-state index in [-0.39, 0.29) is 11.9 Å². The van der Waals surface area contributed by atoms with Crippen LogP contribution in [0.15, 0.2) is 0 Å². The van der Waals surface area contributed by atoms with E-state index in [0.717, 1.165) is 0 Å². The zero-order valence-electron chi connectivity index (χ0n) is 22.7. The molecule has 0 radical (unpaired) electrons. The third-order valence-corrected chi connectivity index (χ3v) is 4.65. The number of carbonyl (C=O) groups is 6. The van der Waals surface area contributed by atoms with Crippen molar-refractivity contribution < 1.29 is 57.2 Å². The summed E-state index contributed by atoms with van der Waals surface area (Å²) in [5.41, 5.74) is -1.20. The highest BCUT2D eigenvalue weighted by Crippen LogP contribution is 2.18. The van der Waals surface area contributed by atoms with Gasteiger partial charge in [0.2, 0.25) is 0 Å². The van der Waals surface area contributed by atoms with Gasteiger partial charge in [0.05, 0.1) is 40.3 Å². The molecule has 35 heavy (non-hydrogen) atoms. The van der Waals surface area contributed by atoms with Gasteiger partial charge in [-0.25, -0.2) is 0 Å². The molecule has 204 valence electrons. The molecule has 0 saturated heterocycles. The molecule has 0 aromatic carbocycles. The molecule has 0 bridgehead atoms. The fourth-order valence-corrected chi connectivity index (χ4v) is 2.09. The second-order valence-corrected chi connectivity index (χ2v) is 7.86. The van der Waals surface area contributed by atoms with Gasteiger partial charge in [0.25, 0.3) is 0 Å². The molecule has 0 aromatic heterocycles. The summed E-state index contributed by atoms with van der Waals surface area (Å²) >= 11 is 0. The first-order chi connectivity index (χ1) is 15.9. The second kappa shape index (κ2) is 18.2. The van der Waals surface area contributed by atoms with E-state index in [1.165, 1.54) is 56.1 Å². The van der Waals surface area contributed by atoms with Crippen LogP contribution in [0.4, 0.5) is 0 Å². The summed E-state index contributed by atoms with van der Waals surface area (Å²) in [5, 5.41) is 0. The van der Waals surface area contributed by atoms with Crippen molar-refractivity contribution >= 4 is 35.8 Å². The molecule has 0 rings (SSSR count). The molecular formula is C23H40O12. The third-order valence-electron chi connectivity index (χ3n) is 4.65. The van der Waals surface area contributed by atoms with Crippen molar-refractivity contribution in [1.29, 1.82) is 0 Å². The lowest BCUT2D eigenvalue weighted by Gasteiger charge is -2.18. The standard InChI is InChI=1S/2C8H14O4.C7H12O4/c1-5(7(9)11-3)6(2)8(10)12-4;1-5(11-7(3)9)6(2)12-8(4)10;1-7(2,5(8)10-3)6(9)11-4/h2*5-6H,1-4H3;1-4H3. The van der Waals surface area contributed by atoms with Crippen LogP contribution in [0, 0.1) is 17.3 Å². The van der Waals surface area contributed by atoms with Crippen molar-refractivity contribution in [1.82, 2.24) is 0 Å². The van der Waals surface area contributed by atoms with E-state index >= 15 is 0 Å². The van der Waals surface area contributed by atoms with Gasteiger partial charge < -0.3 is 28.4 Å². The van der Waals surface area contributed by atoms with Gasteiger partial charge in [-0.05, 0) is 27.7 Å². The molecule has 0 aromatic rings. The summed E-state index contributed by atoms with van der Waals surface area (Å²) in [4.78, 5) is 64.7. The van der Waals surface area contributed by atoms with Crippen molar-refractivity contribution in [2.24, 2.45) is 17.3 Å². The van der Waals surface area contributed by atoms with Crippen LogP contribution in [0.25, 0.3) is 0 Å². The molecule has 0 fully saturated rings. The predicted molar refractivity (Wildman–Crippen MR) is 123 cm³/mol. The lowest BCUT2D eigenvalue weighted by atomic mass is 9.94. The van der Waals surface area contributed by atoms with Crippen LogP contribution in [0.5, 0.6) is 0 Å². The van der Waals surface area contributed by atoms with E-state index in [9.17, 15) is 28.8 Å². The molecule has 0 aliphatic heterocycles. The zero-order valence-corrected chi connectivity index (χ0v) is 22.7. The third kappa shape index (κ3) is 15.4. The zero-order chi connectivity index (χ0) is 28.5. The number of carbonyl (C=O) groups excluding carboxylic acids is 6. The molecule has 0 aliphatic rings. The Bertz CT molecular complexity index is 655. The number of ether oxygens (including phenoxy) is 6. The van der Waals surface area contributed by atoms with E-state index in [0.29, 0.717) is 0 Å². The SMILES string of the molecule is CC(=O)OC(C)C(C)OC(C)=O.COC(=O)C(C)(C)C(=O)OC.COC(=O)C(C)C(C)C(=O)OC. The summed E-state index contributed by atoms with van der Waals surface area (Å²) in [5.74, 6) is -3.64. The minimum Gasteiger partial charge on any atom is -0.469 e. The van der Waals surface area contributed by atoms with Crippen LogP contribution in [0.3, 0.4) is 0 Å². The Labute approximate surface area is 206 Å². The molecule has 0 N–H and O–H groups in total. The second-order valence-electron chi connectivity index (χ2n) is 7.86. The molecule has 0 heterocycles. The lowest BCUT2D eigenvalue weighted by Crippen LogP contribution is -2.35. The van der Waals surface area contributed by atoms with Gasteiger partial charge in [-0.3, -0.25) is 28.8 Å². The van der Waals surface area contributed by atoms with Crippen LogP contribution in [-0.2, 0) is 57.2 Å². The number of hydrogen-bond donors (Lipinski definition) is 0. The summed E-state index contributed by atoms with van der Waals surface area (Å²) in [6, 6.07) is 0. The average molecular weight is 509 g/mol. The Morgan fingerprint density at radius 1 is 0.543 bits per heavy atom. The van der Waals surface area contributed by atoms with E-state index in [4.69, 9.17) is 9.47 Å². The molecule has 12 heteroatoms. The van der Waals surface area contributed by atoms with Crippen LogP contribution in [0.2, 0.25) is 0 Å². The van der Waals surface area contributed by atoms with Gasteiger partial charge >= 0.3 is 35.8 Å². The molecule has 0 amide bonds. The molecular weight excluding hydrogens is 468 g/mol. The average Bonchev–Trinajstić information content (AvgIpc) is 2.80. The van der Waals surface area contributed by atoms with Crippen LogP contribution < -0.4 is 0 Å².